The highest BCUT2D eigenvalue weighted by atomic mass is 16.5. The molecule has 1 aliphatic rings. The van der Waals surface area contributed by atoms with Gasteiger partial charge < -0.3 is 20.7 Å². The lowest BCUT2D eigenvalue weighted by atomic mass is 10.1. The topological polar surface area (TPSA) is 50.5 Å². The minimum absolute atomic E-state index is 0.520. The average molecular weight is 249 g/mol. The van der Waals surface area contributed by atoms with E-state index in [9.17, 15) is 0 Å². The van der Waals surface area contributed by atoms with Crippen molar-refractivity contribution >= 4 is 11.4 Å². The van der Waals surface area contributed by atoms with Gasteiger partial charge in [0.1, 0.15) is 5.75 Å². The van der Waals surface area contributed by atoms with Crippen LogP contribution in [0.5, 0.6) is 5.75 Å². The van der Waals surface area contributed by atoms with Gasteiger partial charge in [0.05, 0.1) is 12.8 Å². The minimum atomic E-state index is 0.520. The zero-order chi connectivity index (χ0) is 13.0. The van der Waals surface area contributed by atoms with Gasteiger partial charge in [-0.25, -0.2) is 0 Å². The van der Waals surface area contributed by atoms with E-state index < -0.39 is 0 Å². The van der Waals surface area contributed by atoms with Crippen molar-refractivity contribution in [3.8, 4) is 5.75 Å². The van der Waals surface area contributed by atoms with Crippen molar-refractivity contribution in [1.29, 1.82) is 0 Å². The molecule has 0 amide bonds. The van der Waals surface area contributed by atoms with Crippen molar-refractivity contribution in [2.24, 2.45) is 0 Å². The molecule has 4 nitrogen and oxygen atoms in total. The fourth-order valence-corrected chi connectivity index (χ4v) is 2.50. The Balaban J connectivity index is 2.00. The van der Waals surface area contributed by atoms with Crippen LogP contribution in [-0.2, 0) is 0 Å². The van der Waals surface area contributed by atoms with Crippen molar-refractivity contribution in [1.82, 2.24) is 4.90 Å². The van der Waals surface area contributed by atoms with Gasteiger partial charge in [0, 0.05) is 24.3 Å². The normalized spacial score (nSPS) is 20.7. The Labute approximate surface area is 109 Å². The fraction of sp³-hybridized carbons (Fsp3) is 0.571. The Morgan fingerprint density at radius 1 is 1.50 bits per heavy atom. The van der Waals surface area contributed by atoms with Crippen LogP contribution in [0.1, 0.15) is 19.8 Å². The van der Waals surface area contributed by atoms with E-state index in [0.29, 0.717) is 11.7 Å². The first kappa shape index (κ1) is 13.0. The second-order valence-electron chi connectivity index (χ2n) is 4.83. The molecule has 2 rings (SSSR count). The van der Waals surface area contributed by atoms with Gasteiger partial charge in [-0.2, -0.15) is 0 Å². The fourth-order valence-electron chi connectivity index (χ4n) is 2.50. The molecule has 0 spiro atoms. The number of nitrogens with one attached hydrogen (secondary N) is 1. The molecule has 18 heavy (non-hydrogen) atoms. The summed E-state index contributed by atoms with van der Waals surface area (Å²) in [6.45, 7) is 5.68. The third-order valence-electron chi connectivity index (χ3n) is 3.56. The van der Waals surface area contributed by atoms with Crippen molar-refractivity contribution < 1.29 is 4.74 Å². The maximum atomic E-state index is 5.82. The third kappa shape index (κ3) is 3.07. The number of rotatable bonds is 4. The van der Waals surface area contributed by atoms with E-state index in [1.54, 1.807) is 7.11 Å². The van der Waals surface area contributed by atoms with Gasteiger partial charge in [-0.15, -0.1) is 0 Å². The number of hydrogen-bond donors (Lipinski definition) is 2. The van der Waals surface area contributed by atoms with Gasteiger partial charge in [0.15, 0.2) is 0 Å². The summed E-state index contributed by atoms with van der Waals surface area (Å²) >= 11 is 0. The number of nitrogens with zero attached hydrogens (tertiary/aromatic N) is 1. The summed E-state index contributed by atoms with van der Waals surface area (Å²) in [4.78, 5) is 2.48. The van der Waals surface area contributed by atoms with Crippen LogP contribution >= 0.6 is 0 Å². The molecular weight excluding hydrogens is 226 g/mol. The number of methoxy groups -OCH3 is 1. The maximum absolute atomic E-state index is 5.82. The average Bonchev–Trinajstić information content (AvgIpc) is 2.41. The van der Waals surface area contributed by atoms with Crippen LogP contribution in [0.4, 0.5) is 11.4 Å². The first-order chi connectivity index (χ1) is 8.72. The Bertz CT molecular complexity index is 395. The van der Waals surface area contributed by atoms with E-state index in [1.165, 1.54) is 19.4 Å². The highest BCUT2D eigenvalue weighted by Crippen LogP contribution is 2.26. The molecule has 0 radical (unpaired) electrons. The SMILES string of the molecule is CCN1CCCC(Nc2ccc(N)c(OC)c2)C1. The first-order valence-electron chi connectivity index (χ1n) is 6.65. The van der Waals surface area contributed by atoms with Crippen molar-refractivity contribution in [3.05, 3.63) is 18.2 Å². The van der Waals surface area contributed by atoms with Gasteiger partial charge in [-0.1, -0.05) is 6.92 Å². The van der Waals surface area contributed by atoms with Gasteiger partial charge >= 0.3 is 0 Å². The quantitative estimate of drug-likeness (QED) is 0.803. The standard InChI is InChI=1S/C14H23N3O/c1-3-17-8-4-5-12(10-17)16-11-6-7-13(15)14(9-11)18-2/h6-7,9,12,16H,3-5,8,10,15H2,1-2H3. The lowest BCUT2D eigenvalue weighted by Gasteiger charge is -2.32. The van der Waals surface area contributed by atoms with Crippen LogP contribution < -0.4 is 15.8 Å². The zero-order valence-electron chi connectivity index (χ0n) is 11.3. The van der Waals surface area contributed by atoms with Crippen LogP contribution in [0.3, 0.4) is 0 Å². The second kappa shape index (κ2) is 5.96. The largest absolute Gasteiger partial charge is 0.495 e. The van der Waals surface area contributed by atoms with Crippen LogP contribution in [0, 0.1) is 0 Å². The lowest BCUT2D eigenvalue weighted by molar-refractivity contribution is 0.227. The first-order valence-corrected chi connectivity index (χ1v) is 6.65. The van der Waals surface area contributed by atoms with Gasteiger partial charge in [-0.3, -0.25) is 0 Å². The summed E-state index contributed by atoms with van der Waals surface area (Å²) < 4.78 is 5.24. The zero-order valence-corrected chi connectivity index (χ0v) is 11.3. The van der Waals surface area contributed by atoms with Gasteiger partial charge in [0.2, 0.25) is 0 Å². The number of benzene rings is 1. The van der Waals surface area contributed by atoms with Crippen molar-refractivity contribution in [2.45, 2.75) is 25.8 Å². The van der Waals surface area contributed by atoms with Crippen molar-refractivity contribution in [3.63, 3.8) is 0 Å². The van der Waals surface area contributed by atoms with Crippen LogP contribution in [0.25, 0.3) is 0 Å². The van der Waals surface area contributed by atoms with E-state index in [0.717, 1.165) is 24.5 Å². The molecule has 1 saturated heterocycles. The number of ether oxygens (including phenoxy) is 1. The monoisotopic (exact) mass is 249 g/mol. The van der Waals surface area contributed by atoms with Gasteiger partial charge in [0.25, 0.3) is 0 Å². The van der Waals surface area contributed by atoms with E-state index in [2.05, 4.69) is 17.1 Å². The lowest BCUT2D eigenvalue weighted by Crippen LogP contribution is -2.41. The molecule has 1 unspecified atom stereocenters. The summed E-state index contributed by atoms with van der Waals surface area (Å²) in [6.07, 6.45) is 2.49. The maximum Gasteiger partial charge on any atom is 0.143 e. The molecule has 1 aliphatic heterocycles. The molecule has 1 atom stereocenters. The molecule has 1 aromatic rings. The molecule has 0 aliphatic carbocycles. The molecular formula is C14H23N3O. The molecule has 1 fully saturated rings. The minimum Gasteiger partial charge on any atom is -0.495 e. The summed E-state index contributed by atoms with van der Waals surface area (Å²) in [5, 5.41) is 3.57. The molecule has 1 heterocycles. The summed E-state index contributed by atoms with van der Waals surface area (Å²) in [7, 11) is 1.65. The van der Waals surface area contributed by atoms with E-state index in [4.69, 9.17) is 10.5 Å². The predicted molar refractivity (Wildman–Crippen MR) is 76.2 cm³/mol. The predicted octanol–water partition coefficient (Wildman–Crippen LogP) is 2.17. The summed E-state index contributed by atoms with van der Waals surface area (Å²) in [6, 6.07) is 6.40. The summed E-state index contributed by atoms with van der Waals surface area (Å²) in [5.41, 5.74) is 7.59. The smallest absolute Gasteiger partial charge is 0.143 e. The Kier molecular flexibility index (Phi) is 4.31. The highest BCUT2D eigenvalue weighted by Gasteiger charge is 2.18. The second-order valence-corrected chi connectivity index (χ2v) is 4.83. The number of likely N-dealkylation sites (N-methyl/N-ethyl adjacent to an activating group) is 1. The Hall–Kier alpha value is -1.42. The molecule has 1 aromatic carbocycles. The molecule has 3 N–H and O–H groups in total. The van der Waals surface area contributed by atoms with Crippen LogP contribution in [0.2, 0.25) is 0 Å². The number of hydrogen-bond acceptors (Lipinski definition) is 4. The third-order valence-corrected chi connectivity index (χ3v) is 3.56. The van der Waals surface area contributed by atoms with Crippen LogP contribution in [-0.4, -0.2) is 37.7 Å². The number of nitrogen functional groups attached to an aromatic ring is 1. The molecule has 0 bridgehead atoms. The number of anilines is 2. The number of nitrogens with two attached hydrogens (primary N) is 1. The molecule has 100 valence electrons. The van der Waals surface area contributed by atoms with E-state index in [1.807, 2.05) is 18.2 Å². The number of piperidine rings is 1. The highest BCUT2D eigenvalue weighted by molar-refractivity contribution is 5.61. The van der Waals surface area contributed by atoms with E-state index in [-0.39, 0.29) is 0 Å². The van der Waals surface area contributed by atoms with Crippen molar-refractivity contribution in [2.75, 3.05) is 37.8 Å². The Morgan fingerprint density at radius 2 is 2.33 bits per heavy atom. The molecule has 4 heteroatoms. The Morgan fingerprint density at radius 3 is 3.06 bits per heavy atom. The number of likely N-dealkylation sites (tertiary alicyclic amines) is 1. The molecule has 0 saturated carbocycles. The molecule has 0 aromatic heterocycles. The summed E-state index contributed by atoms with van der Waals surface area (Å²) in [5.74, 6) is 0.739. The van der Waals surface area contributed by atoms with Gasteiger partial charge in [-0.05, 0) is 38.1 Å². The van der Waals surface area contributed by atoms with E-state index >= 15 is 0 Å². The van der Waals surface area contributed by atoms with Crippen LogP contribution in [0.15, 0.2) is 18.2 Å².